The molecule has 0 saturated heterocycles. The second-order valence-corrected chi connectivity index (χ2v) is 4.31. The number of rotatable bonds is 4. The summed E-state index contributed by atoms with van der Waals surface area (Å²) < 4.78 is 4.70. The minimum Gasteiger partial charge on any atom is -0.469 e. The minimum atomic E-state index is -0.323. The molecule has 0 radical (unpaired) electrons. The topological polar surface area (TPSA) is 67.2 Å². The highest BCUT2D eigenvalue weighted by Gasteiger charge is 2.39. The Balaban J connectivity index is 2.45. The Hall–Kier alpha value is -1.81. The second-order valence-electron chi connectivity index (χ2n) is 4.31. The zero-order valence-corrected chi connectivity index (χ0v) is 10.6. The third-order valence-corrected chi connectivity index (χ3v) is 3.14. The SMILES string of the molecule is COC(=O)[C@H]1CCC(=O)[C@@H]1CC#CCCCC#N. The van der Waals surface area contributed by atoms with Gasteiger partial charge in [-0.1, -0.05) is 0 Å². The molecule has 0 heterocycles. The van der Waals surface area contributed by atoms with E-state index in [1.807, 2.05) is 0 Å². The first-order chi connectivity index (χ1) is 8.70. The lowest BCUT2D eigenvalue weighted by molar-refractivity contribution is -0.147. The maximum Gasteiger partial charge on any atom is 0.309 e. The van der Waals surface area contributed by atoms with E-state index in [0.717, 1.165) is 6.42 Å². The molecule has 0 aromatic rings. The van der Waals surface area contributed by atoms with E-state index in [9.17, 15) is 9.59 Å². The van der Waals surface area contributed by atoms with Crippen LogP contribution in [0.15, 0.2) is 0 Å². The van der Waals surface area contributed by atoms with Crippen LogP contribution in [0.3, 0.4) is 0 Å². The molecule has 0 aromatic heterocycles. The Morgan fingerprint density at radius 1 is 1.44 bits per heavy atom. The molecular formula is C14H17NO3. The van der Waals surface area contributed by atoms with Crippen molar-refractivity contribution in [3.05, 3.63) is 0 Å². The van der Waals surface area contributed by atoms with Crippen LogP contribution in [0.5, 0.6) is 0 Å². The van der Waals surface area contributed by atoms with Gasteiger partial charge in [0.2, 0.25) is 0 Å². The maximum absolute atomic E-state index is 11.7. The van der Waals surface area contributed by atoms with Crippen molar-refractivity contribution in [3.8, 4) is 17.9 Å². The van der Waals surface area contributed by atoms with Crippen molar-refractivity contribution < 1.29 is 14.3 Å². The molecule has 18 heavy (non-hydrogen) atoms. The fourth-order valence-electron chi connectivity index (χ4n) is 2.12. The lowest BCUT2D eigenvalue weighted by Crippen LogP contribution is -2.23. The standard InChI is InChI=1S/C14H17NO3/c1-18-14(17)12-8-9-13(16)11(12)7-5-3-2-4-6-10-15/h11-12H,2,4,6-9H2,1H3/t11-,12+/m1/s1. The number of nitrogens with zero attached hydrogens (tertiary/aromatic N) is 1. The number of hydrogen-bond acceptors (Lipinski definition) is 4. The molecule has 0 amide bonds. The molecule has 0 spiro atoms. The molecular weight excluding hydrogens is 230 g/mol. The first-order valence-corrected chi connectivity index (χ1v) is 6.14. The lowest BCUT2D eigenvalue weighted by Gasteiger charge is -2.12. The first-order valence-electron chi connectivity index (χ1n) is 6.14. The molecule has 0 bridgehead atoms. The summed E-state index contributed by atoms with van der Waals surface area (Å²) in [6, 6.07) is 2.05. The van der Waals surface area contributed by atoms with Gasteiger partial charge in [0.15, 0.2) is 0 Å². The van der Waals surface area contributed by atoms with E-state index in [-0.39, 0.29) is 23.6 Å². The first kappa shape index (κ1) is 14.3. The summed E-state index contributed by atoms with van der Waals surface area (Å²) in [5.74, 6) is 5.05. The average Bonchev–Trinajstić information content (AvgIpc) is 2.74. The van der Waals surface area contributed by atoms with Crippen molar-refractivity contribution in [2.24, 2.45) is 11.8 Å². The van der Waals surface area contributed by atoms with Crippen LogP contribution in [0.4, 0.5) is 0 Å². The Morgan fingerprint density at radius 3 is 2.89 bits per heavy atom. The molecule has 1 fully saturated rings. The van der Waals surface area contributed by atoms with Crippen molar-refractivity contribution in [2.45, 2.75) is 38.5 Å². The molecule has 96 valence electrons. The summed E-state index contributed by atoms with van der Waals surface area (Å²) in [5.41, 5.74) is 0. The van der Waals surface area contributed by atoms with Gasteiger partial charge >= 0.3 is 5.97 Å². The number of hydrogen-bond donors (Lipinski definition) is 0. The van der Waals surface area contributed by atoms with Gasteiger partial charge in [0.05, 0.1) is 19.1 Å². The van der Waals surface area contributed by atoms with Crippen molar-refractivity contribution in [1.82, 2.24) is 0 Å². The number of ketones is 1. The van der Waals surface area contributed by atoms with Gasteiger partial charge in [0.25, 0.3) is 0 Å². The molecule has 0 unspecified atom stereocenters. The Kier molecular flexibility index (Phi) is 5.94. The molecule has 0 aliphatic heterocycles. The molecule has 0 aromatic carbocycles. The van der Waals surface area contributed by atoms with Crippen LogP contribution >= 0.6 is 0 Å². The predicted molar refractivity (Wildman–Crippen MR) is 65.1 cm³/mol. The number of Topliss-reactive ketones (excluding diaryl/α,β-unsaturated/α-hetero) is 1. The van der Waals surface area contributed by atoms with Crippen LogP contribution in [-0.2, 0) is 14.3 Å². The van der Waals surface area contributed by atoms with Gasteiger partial charge in [0, 0.05) is 31.6 Å². The molecule has 1 saturated carbocycles. The lowest BCUT2D eigenvalue weighted by atomic mass is 9.92. The highest BCUT2D eigenvalue weighted by atomic mass is 16.5. The highest BCUT2D eigenvalue weighted by molar-refractivity contribution is 5.90. The summed E-state index contributed by atoms with van der Waals surface area (Å²) in [6.07, 6.45) is 3.36. The van der Waals surface area contributed by atoms with Crippen molar-refractivity contribution in [3.63, 3.8) is 0 Å². The Labute approximate surface area is 107 Å². The molecule has 0 N–H and O–H groups in total. The number of ether oxygens (including phenoxy) is 1. The van der Waals surface area contributed by atoms with Gasteiger partial charge in [-0.05, 0) is 12.8 Å². The van der Waals surface area contributed by atoms with Crippen molar-refractivity contribution in [1.29, 1.82) is 5.26 Å². The van der Waals surface area contributed by atoms with Gasteiger partial charge in [-0.15, -0.1) is 11.8 Å². The molecule has 2 atom stereocenters. The monoisotopic (exact) mass is 247 g/mol. The molecule has 1 aliphatic carbocycles. The molecule has 4 nitrogen and oxygen atoms in total. The summed E-state index contributed by atoms with van der Waals surface area (Å²) in [7, 11) is 1.34. The number of esters is 1. The highest BCUT2D eigenvalue weighted by Crippen LogP contribution is 2.31. The summed E-state index contributed by atoms with van der Waals surface area (Å²) >= 11 is 0. The van der Waals surface area contributed by atoms with E-state index in [0.29, 0.717) is 32.1 Å². The zero-order valence-electron chi connectivity index (χ0n) is 10.6. The van der Waals surface area contributed by atoms with E-state index in [1.54, 1.807) is 0 Å². The third kappa shape index (κ3) is 3.89. The van der Waals surface area contributed by atoms with E-state index in [4.69, 9.17) is 10.00 Å². The maximum atomic E-state index is 11.7. The van der Waals surface area contributed by atoms with Gasteiger partial charge in [0.1, 0.15) is 5.78 Å². The minimum absolute atomic E-state index is 0.108. The van der Waals surface area contributed by atoms with Crippen LogP contribution in [0.2, 0.25) is 0 Å². The van der Waals surface area contributed by atoms with Crippen LogP contribution in [0, 0.1) is 35.0 Å². The Bertz CT molecular complexity index is 411. The van der Waals surface area contributed by atoms with Gasteiger partial charge in [-0.3, -0.25) is 9.59 Å². The van der Waals surface area contributed by atoms with Crippen LogP contribution in [0.1, 0.15) is 38.5 Å². The zero-order chi connectivity index (χ0) is 13.4. The number of unbranched alkanes of at least 4 members (excludes halogenated alkanes) is 2. The fraction of sp³-hybridized carbons (Fsp3) is 0.643. The van der Waals surface area contributed by atoms with Crippen molar-refractivity contribution >= 4 is 11.8 Å². The number of carbonyl (C=O) groups excluding carboxylic acids is 2. The Morgan fingerprint density at radius 2 is 2.22 bits per heavy atom. The van der Waals surface area contributed by atoms with Crippen LogP contribution in [-0.4, -0.2) is 18.9 Å². The van der Waals surface area contributed by atoms with E-state index in [1.165, 1.54) is 7.11 Å². The van der Waals surface area contributed by atoms with Crippen LogP contribution < -0.4 is 0 Å². The summed E-state index contributed by atoms with van der Waals surface area (Å²) in [6.45, 7) is 0. The van der Waals surface area contributed by atoms with Gasteiger partial charge < -0.3 is 4.74 Å². The van der Waals surface area contributed by atoms with Gasteiger partial charge in [-0.2, -0.15) is 5.26 Å². The second kappa shape index (κ2) is 7.50. The van der Waals surface area contributed by atoms with Gasteiger partial charge in [-0.25, -0.2) is 0 Å². The number of nitriles is 1. The van der Waals surface area contributed by atoms with Crippen LogP contribution in [0.25, 0.3) is 0 Å². The van der Waals surface area contributed by atoms with E-state index >= 15 is 0 Å². The number of methoxy groups -OCH3 is 1. The molecule has 1 aliphatic rings. The smallest absolute Gasteiger partial charge is 0.309 e. The average molecular weight is 247 g/mol. The molecule has 1 rings (SSSR count). The van der Waals surface area contributed by atoms with E-state index in [2.05, 4.69) is 17.9 Å². The normalized spacial score (nSPS) is 21.9. The summed E-state index contributed by atoms with van der Waals surface area (Å²) in [5, 5.41) is 8.36. The predicted octanol–water partition coefficient (Wildman–Crippen LogP) is 1.84. The van der Waals surface area contributed by atoms with E-state index < -0.39 is 0 Å². The summed E-state index contributed by atoms with van der Waals surface area (Å²) in [4.78, 5) is 23.1. The fourth-order valence-corrected chi connectivity index (χ4v) is 2.12. The number of carbonyl (C=O) groups is 2. The van der Waals surface area contributed by atoms with Crippen molar-refractivity contribution in [2.75, 3.05) is 7.11 Å². The molecule has 4 heteroatoms. The third-order valence-electron chi connectivity index (χ3n) is 3.14. The largest absolute Gasteiger partial charge is 0.469 e. The quantitative estimate of drug-likeness (QED) is 0.432.